The minimum absolute atomic E-state index is 0.151. The number of benzene rings is 1. The van der Waals surface area contributed by atoms with Gasteiger partial charge in [-0.25, -0.2) is 0 Å². The lowest BCUT2D eigenvalue weighted by Crippen LogP contribution is -2.32. The monoisotopic (exact) mass is 501 g/mol. The number of carbonyl (C=O) groups is 2. The maximum Gasteiger partial charge on any atom is 0.290 e. The van der Waals surface area contributed by atoms with Crippen LogP contribution in [0.3, 0.4) is 0 Å². The van der Waals surface area contributed by atoms with E-state index in [0.717, 1.165) is 24.8 Å². The molecule has 1 aliphatic heterocycles. The Bertz CT molecular complexity index is 863. The summed E-state index contributed by atoms with van der Waals surface area (Å²) in [6, 6.07) is 4.74. The van der Waals surface area contributed by atoms with Gasteiger partial charge in [-0.15, -0.1) is 0 Å². The Kier molecular flexibility index (Phi) is 13.4. The van der Waals surface area contributed by atoms with Gasteiger partial charge in [0.25, 0.3) is 5.91 Å². The van der Waals surface area contributed by atoms with Crippen molar-refractivity contribution in [2.45, 2.75) is 110 Å². The lowest BCUT2D eigenvalue weighted by Gasteiger charge is -2.27. The first kappa shape index (κ1) is 29.7. The smallest absolute Gasteiger partial charge is 0.290 e. The second-order valence-electron chi connectivity index (χ2n) is 9.93. The molecular weight excluding hydrogens is 454 g/mol. The van der Waals surface area contributed by atoms with Gasteiger partial charge >= 0.3 is 0 Å². The number of Topliss-reactive ketones (excluding diaryl/α,β-unsaturated/α-hetero) is 1. The van der Waals surface area contributed by atoms with Crippen LogP contribution in [0.5, 0.6) is 11.5 Å². The summed E-state index contributed by atoms with van der Waals surface area (Å²) in [6.07, 6.45) is 17.7. The lowest BCUT2D eigenvalue weighted by molar-refractivity contribution is -0.129. The molecule has 0 saturated heterocycles. The Morgan fingerprint density at radius 1 is 0.833 bits per heavy atom. The molecular formula is C30H47NO5. The summed E-state index contributed by atoms with van der Waals surface area (Å²) in [5, 5.41) is 10.5. The highest BCUT2D eigenvalue weighted by molar-refractivity contribution is 6.08. The quantitative estimate of drug-likeness (QED) is 0.199. The van der Waals surface area contributed by atoms with Crippen molar-refractivity contribution in [3.05, 3.63) is 35.1 Å². The van der Waals surface area contributed by atoms with Crippen LogP contribution in [0, 0.1) is 0 Å². The summed E-state index contributed by atoms with van der Waals surface area (Å²) in [5.74, 6) is -0.124. The number of aliphatic hydroxyl groups excluding tert-OH is 1. The van der Waals surface area contributed by atoms with Crippen LogP contribution in [0.25, 0.3) is 0 Å². The molecule has 1 aromatic carbocycles. The number of ether oxygens (including phenoxy) is 2. The maximum absolute atomic E-state index is 12.9. The van der Waals surface area contributed by atoms with Crippen LogP contribution < -0.4 is 9.47 Å². The van der Waals surface area contributed by atoms with Gasteiger partial charge in [0.15, 0.2) is 23.0 Å². The van der Waals surface area contributed by atoms with Crippen LogP contribution in [-0.2, 0) is 9.59 Å². The van der Waals surface area contributed by atoms with Gasteiger partial charge in [-0.2, -0.15) is 0 Å². The fourth-order valence-electron chi connectivity index (χ4n) is 5.09. The highest BCUT2D eigenvalue weighted by Crippen LogP contribution is 2.40. The molecule has 0 radical (unpaired) electrons. The van der Waals surface area contributed by atoms with E-state index in [2.05, 4.69) is 6.92 Å². The molecule has 0 bridgehead atoms. The molecule has 1 amide bonds. The van der Waals surface area contributed by atoms with Crippen LogP contribution in [-0.4, -0.2) is 42.5 Å². The molecule has 1 aromatic rings. The Morgan fingerprint density at radius 2 is 1.33 bits per heavy atom. The molecule has 36 heavy (non-hydrogen) atoms. The average molecular weight is 502 g/mol. The molecule has 0 fully saturated rings. The molecule has 2 rings (SSSR count). The molecule has 0 aromatic heterocycles. The van der Waals surface area contributed by atoms with Crippen molar-refractivity contribution in [3.63, 3.8) is 0 Å². The summed E-state index contributed by atoms with van der Waals surface area (Å²) < 4.78 is 10.7. The van der Waals surface area contributed by atoms with Gasteiger partial charge in [-0.1, -0.05) is 96.5 Å². The van der Waals surface area contributed by atoms with Crippen molar-refractivity contribution in [1.82, 2.24) is 4.90 Å². The summed E-state index contributed by atoms with van der Waals surface area (Å²) in [7, 11) is 3.11. The van der Waals surface area contributed by atoms with Gasteiger partial charge in [0.05, 0.1) is 25.8 Å². The van der Waals surface area contributed by atoms with Gasteiger partial charge in [-0.05, 0) is 31.0 Å². The van der Waals surface area contributed by atoms with Gasteiger partial charge in [-0.3, -0.25) is 9.59 Å². The fraction of sp³-hybridized carbons (Fsp3) is 0.667. The molecule has 1 N–H and O–H groups in total. The zero-order chi connectivity index (χ0) is 26.3. The Labute approximate surface area is 218 Å². The first-order chi connectivity index (χ1) is 17.5. The van der Waals surface area contributed by atoms with E-state index in [1.807, 2.05) is 6.07 Å². The zero-order valence-electron chi connectivity index (χ0n) is 22.9. The zero-order valence-corrected chi connectivity index (χ0v) is 22.9. The highest BCUT2D eigenvalue weighted by Gasteiger charge is 2.42. The Balaban J connectivity index is 1.79. The van der Waals surface area contributed by atoms with Crippen molar-refractivity contribution in [3.8, 4) is 11.5 Å². The van der Waals surface area contributed by atoms with E-state index < -0.39 is 17.7 Å². The van der Waals surface area contributed by atoms with Crippen molar-refractivity contribution < 1.29 is 24.2 Å². The third-order valence-electron chi connectivity index (χ3n) is 7.16. The number of hydrogen-bond acceptors (Lipinski definition) is 5. The normalized spacial score (nSPS) is 15.6. The number of ketones is 1. The van der Waals surface area contributed by atoms with Crippen LogP contribution >= 0.6 is 0 Å². The minimum Gasteiger partial charge on any atom is -0.503 e. The number of unbranched alkanes of at least 4 members (excludes halogenated alkanes) is 13. The van der Waals surface area contributed by atoms with Gasteiger partial charge < -0.3 is 19.5 Å². The number of rotatable bonds is 19. The van der Waals surface area contributed by atoms with Crippen LogP contribution in [0.1, 0.15) is 115 Å². The van der Waals surface area contributed by atoms with Crippen LogP contribution in [0.15, 0.2) is 29.5 Å². The SMILES string of the molecule is CCCCCCCCCCCCCCCCN1C(=O)C(O)=C(C(C)=O)C1c1ccc(OC)c(OC)c1. The fourth-order valence-corrected chi connectivity index (χ4v) is 5.09. The molecule has 202 valence electrons. The second-order valence-corrected chi connectivity index (χ2v) is 9.93. The standard InChI is InChI=1S/C30H47NO5/c1-5-6-7-8-9-10-11-12-13-14-15-16-17-18-21-31-28(27(23(2)32)29(33)30(31)34)24-19-20-25(35-3)26(22-24)36-4/h19-20,22,28,33H,5-18,21H2,1-4H3. The molecule has 0 spiro atoms. The van der Waals surface area contributed by atoms with E-state index in [1.54, 1.807) is 31.3 Å². The molecule has 0 saturated carbocycles. The Morgan fingerprint density at radius 3 is 1.81 bits per heavy atom. The first-order valence-electron chi connectivity index (χ1n) is 13.9. The molecule has 1 atom stereocenters. The average Bonchev–Trinajstić information content (AvgIpc) is 3.13. The van der Waals surface area contributed by atoms with Crippen LogP contribution in [0.2, 0.25) is 0 Å². The highest BCUT2D eigenvalue weighted by atomic mass is 16.5. The van der Waals surface area contributed by atoms with Crippen molar-refractivity contribution in [2.24, 2.45) is 0 Å². The van der Waals surface area contributed by atoms with Gasteiger partial charge in [0.2, 0.25) is 0 Å². The third-order valence-corrected chi connectivity index (χ3v) is 7.16. The summed E-state index contributed by atoms with van der Waals surface area (Å²) in [5.41, 5.74) is 0.873. The predicted molar refractivity (Wildman–Crippen MR) is 145 cm³/mol. The maximum atomic E-state index is 12.9. The topological polar surface area (TPSA) is 76.1 Å². The number of carbonyl (C=O) groups excluding carboxylic acids is 2. The summed E-state index contributed by atoms with van der Waals surface area (Å²) >= 11 is 0. The van der Waals surface area contributed by atoms with Gasteiger partial charge in [0.1, 0.15) is 0 Å². The van der Waals surface area contributed by atoms with E-state index >= 15 is 0 Å². The largest absolute Gasteiger partial charge is 0.503 e. The molecule has 1 aliphatic rings. The van der Waals surface area contributed by atoms with E-state index in [-0.39, 0.29) is 11.4 Å². The molecule has 1 heterocycles. The number of hydrogen-bond donors (Lipinski definition) is 1. The third kappa shape index (κ3) is 8.56. The summed E-state index contributed by atoms with van der Waals surface area (Å²) in [4.78, 5) is 26.8. The van der Waals surface area contributed by atoms with Crippen molar-refractivity contribution >= 4 is 11.7 Å². The first-order valence-corrected chi connectivity index (χ1v) is 13.9. The molecule has 6 heteroatoms. The van der Waals surface area contributed by atoms with Gasteiger partial charge in [0, 0.05) is 6.54 Å². The van der Waals surface area contributed by atoms with E-state index in [0.29, 0.717) is 18.0 Å². The number of aliphatic hydroxyl groups is 1. The van der Waals surface area contributed by atoms with Crippen molar-refractivity contribution in [1.29, 1.82) is 0 Å². The predicted octanol–water partition coefficient (Wildman–Crippen LogP) is 7.47. The number of methoxy groups -OCH3 is 2. The molecule has 6 nitrogen and oxygen atoms in total. The Hall–Kier alpha value is -2.50. The van der Waals surface area contributed by atoms with E-state index in [4.69, 9.17) is 9.47 Å². The second kappa shape index (κ2) is 16.3. The minimum atomic E-state index is -0.614. The summed E-state index contributed by atoms with van der Waals surface area (Å²) in [6.45, 7) is 4.15. The lowest BCUT2D eigenvalue weighted by atomic mass is 9.96. The molecule has 0 aliphatic carbocycles. The number of nitrogens with zero attached hydrogens (tertiary/aromatic N) is 1. The van der Waals surface area contributed by atoms with E-state index in [9.17, 15) is 14.7 Å². The van der Waals surface area contributed by atoms with E-state index in [1.165, 1.54) is 77.6 Å². The number of amides is 1. The molecule has 1 unspecified atom stereocenters. The van der Waals surface area contributed by atoms with Crippen molar-refractivity contribution in [2.75, 3.05) is 20.8 Å². The van der Waals surface area contributed by atoms with Crippen LogP contribution in [0.4, 0.5) is 0 Å².